The van der Waals surface area contributed by atoms with Crippen molar-refractivity contribution in [1.29, 1.82) is 0 Å². The van der Waals surface area contributed by atoms with E-state index < -0.39 is 0 Å². The Labute approximate surface area is 95.0 Å². The average Bonchev–Trinajstić information content (AvgIpc) is 2.54. The Morgan fingerprint density at radius 1 is 1.00 bits per heavy atom. The van der Waals surface area contributed by atoms with Crippen molar-refractivity contribution in [3.8, 4) is 0 Å². The number of hydrogen-bond acceptors (Lipinski definition) is 1. The molecule has 1 spiro atoms. The minimum atomic E-state index is 0.560. The van der Waals surface area contributed by atoms with Gasteiger partial charge in [-0.15, -0.1) is 0 Å². The van der Waals surface area contributed by atoms with Crippen LogP contribution in [0.3, 0.4) is 0 Å². The van der Waals surface area contributed by atoms with Gasteiger partial charge in [0.1, 0.15) is 0 Å². The van der Waals surface area contributed by atoms with Gasteiger partial charge in [-0.1, -0.05) is 27.7 Å². The van der Waals surface area contributed by atoms with Crippen LogP contribution in [0.15, 0.2) is 0 Å². The number of nitrogens with one attached hydrogen (secondary N) is 1. The van der Waals surface area contributed by atoms with Crippen molar-refractivity contribution in [3.63, 3.8) is 0 Å². The molecule has 15 heavy (non-hydrogen) atoms. The largest absolute Gasteiger partial charge is 0.319 e. The van der Waals surface area contributed by atoms with Crippen molar-refractivity contribution in [2.45, 2.75) is 53.4 Å². The molecule has 0 saturated heterocycles. The van der Waals surface area contributed by atoms with Crippen LogP contribution in [0.4, 0.5) is 0 Å². The quantitative estimate of drug-likeness (QED) is 0.734. The summed E-state index contributed by atoms with van der Waals surface area (Å²) in [5.41, 5.74) is 1.82. The molecule has 1 heteroatoms. The highest BCUT2D eigenvalue weighted by atomic mass is 14.8. The molecule has 2 saturated carbocycles. The Hall–Kier alpha value is -0.0400. The minimum absolute atomic E-state index is 0.560. The van der Waals surface area contributed by atoms with E-state index in [1.807, 2.05) is 0 Å². The zero-order valence-electron chi connectivity index (χ0n) is 11.1. The molecule has 2 aliphatic carbocycles. The molecule has 1 atom stereocenters. The van der Waals surface area contributed by atoms with Crippen LogP contribution in [-0.4, -0.2) is 13.6 Å². The molecule has 1 unspecified atom stereocenters. The normalized spacial score (nSPS) is 35.4. The van der Waals surface area contributed by atoms with Crippen molar-refractivity contribution in [2.75, 3.05) is 13.6 Å². The molecule has 0 radical (unpaired) electrons. The maximum Gasteiger partial charge on any atom is -0.00180 e. The van der Waals surface area contributed by atoms with E-state index in [1.165, 1.54) is 32.2 Å². The highest BCUT2D eigenvalue weighted by Gasteiger charge is 2.60. The summed E-state index contributed by atoms with van der Waals surface area (Å²) in [5.74, 6) is 0.960. The molecule has 2 rings (SSSR count). The first-order chi connectivity index (χ1) is 6.79. The summed E-state index contributed by atoms with van der Waals surface area (Å²) in [5, 5.41) is 3.36. The summed E-state index contributed by atoms with van der Waals surface area (Å²) in [6.45, 7) is 11.1. The first kappa shape index (κ1) is 11.4. The second kappa shape index (κ2) is 3.23. The highest BCUT2D eigenvalue weighted by molar-refractivity contribution is 5.10. The summed E-state index contributed by atoms with van der Waals surface area (Å²) < 4.78 is 0. The van der Waals surface area contributed by atoms with Crippen LogP contribution in [0.25, 0.3) is 0 Å². The monoisotopic (exact) mass is 209 g/mol. The zero-order chi connectivity index (χ0) is 11.3. The fourth-order valence-electron chi connectivity index (χ4n) is 4.79. The van der Waals surface area contributed by atoms with Crippen LogP contribution in [0.2, 0.25) is 0 Å². The lowest BCUT2D eigenvalue weighted by molar-refractivity contribution is 0.0468. The van der Waals surface area contributed by atoms with Gasteiger partial charge in [0.15, 0.2) is 0 Å². The van der Waals surface area contributed by atoms with Crippen LogP contribution in [-0.2, 0) is 0 Å². The molecule has 0 aromatic rings. The fraction of sp³-hybridized carbons (Fsp3) is 1.00. The molecule has 88 valence electrons. The van der Waals surface area contributed by atoms with Crippen LogP contribution < -0.4 is 5.32 Å². The standard InChI is InChI=1S/C14H27N/c1-12(2)8-13(3,4)10-14(9-12)6-11(14)7-15-5/h11,15H,6-10H2,1-5H3. The molecule has 0 aromatic heterocycles. The van der Waals surface area contributed by atoms with E-state index in [1.54, 1.807) is 0 Å². The minimum Gasteiger partial charge on any atom is -0.319 e. The van der Waals surface area contributed by atoms with E-state index in [4.69, 9.17) is 0 Å². The van der Waals surface area contributed by atoms with Gasteiger partial charge < -0.3 is 5.32 Å². The Morgan fingerprint density at radius 2 is 1.53 bits per heavy atom. The van der Waals surface area contributed by atoms with E-state index in [0.717, 1.165) is 5.92 Å². The van der Waals surface area contributed by atoms with Crippen molar-refractivity contribution in [3.05, 3.63) is 0 Å². The van der Waals surface area contributed by atoms with Crippen LogP contribution >= 0.6 is 0 Å². The van der Waals surface area contributed by atoms with Crippen molar-refractivity contribution in [2.24, 2.45) is 22.2 Å². The van der Waals surface area contributed by atoms with Gasteiger partial charge in [0.25, 0.3) is 0 Å². The summed E-state index contributed by atoms with van der Waals surface area (Å²) in [4.78, 5) is 0. The Kier molecular flexibility index (Phi) is 2.46. The van der Waals surface area contributed by atoms with Gasteiger partial charge in [0, 0.05) is 0 Å². The lowest BCUT2D eigenvalue weighted by atomic mass is 9.59. The van der Waals surface area contributed by atoms with Crippen molar-refractivity contribution in [1.82, 2.24) is 5.32 Å². The van der Waals surface area contributed by atoms with Gasteiger partial charge in [-0.2, -0.15) is 0 Å². The maximum absolute atomic E-state index is 3.36. The summed E-state index contributed by atoms with van der Waals surface area (Å²) >= 11 is 0. The topological polar surface area (TPSA) is 12.0 Å². The summed E-state index contributed by atoms with van der Waals surface area (Å²) in [7, 11) is 2.09. The lowest BCUT2D eigenvalue weighted by Crippen LogP contribution is -2.36. The van der Waals surface area contributed by atoms with Crippen molar-refractivity contribution >= 4 is 0 Å². The molecule has 0 aliphatic heterocycles. The Morgan fingerprint density at radius 3 is 2.00 bits per heavy atom. The van der Waals surface area contributed by atoms with Gasteiger partial charge in [0.2, 0.25) is 0 Å². The fourth-order valence-corrected chi connectivity index (χ4v) is 4.79. The van der Waals surface area contributed by atoms with E-state index in [0.29, 0.717) is 16.2 Å². The summed E-state index contributed by atoms with van der Waals surface area (Å²) in [6.07, 6.45) is 5.78. The van der Waals surface area contributed by atoms with E-state index in [2.05, 4.69) is 40.1 Å². The molecular formula is C14H27N. The van der Waals surface area contributed by atoms with E-state index >= 15 is 0 Å². The molecule has 1 N–H and O–H groups in total. The van der Waals surface area contributed by atoms with Gasteiger partial charge in [-0.3, -0.25) is 0 Å². The molecule has 2 aliphatic rings. The predicted octanol–water partition coefficient (Wildman–Crippen LogP) is 3.45. The average molecular weight is 209 g/mol. The maximum atomic E-state index is 3.36. The number of hydrogen-bond donors (Lipinski definition) is 1. The first-order valence-corrected chi connectivity index (χ1v) is 6.43. The third-order valence-corrected chi connectivity index (χ3v) is 4.43. The molecule has 0 aromatic carbocycles. The molecular weight excluding hydrogens is 182 g/mol. The second-order valence-corrected chi connectivity index (χ2v) is 7.68. The Bertz CT molecular complexity index is 236. The highest BCUT2D eigenvalue weighted by Crippen LogP contribution is 2.68. The predicted molar refractivity (Wildman–Crippen MR) is 65.9 cm³/mol. The van der Waals surface area contributed by atoms with Crippen LogP contribution in [0.5, 0.6) is 0 Å². The van der Waals surface area contributed by atoms with Crippen LogP contribution in [0, 0.1) is 22.2 Å². The SMILES string of the molecule is CNCC1CC12CC(C)(C)CC(C)(C)C2. The lowest BCUT2D eigenvalue weighted by Gasteiger charge is -2.46. The number of rotatable bonds is 2. The molecule has 0 amide bonds. The van der Waals surface area contributed by atoms with E-state index in [-0.39, 0.29) is 0 Å². The third-order valence-electron chi connectivity index (χ3n) is 4.43. The molecule has 0 bridgehead atoms. The second-order valence-electron chi connectivity index (χ2n) is 7.68. The first-order valence-electron chi connectivity index (χ1n) is 6.43. The smallest absolute Gasteiger partial charge is 0.00180 e. The van der Waals surface area contributed by atoms with Gasteiger partial charge in [-0.05, 0) is 61.4 Å². The van der Waals surface area contributed by atoms with Crippen molar-refractivity contribution < 1.29 is 0 Å². The Balaban J connectivity index is 2.09. The molecule has 2 fully saturated rings. The van der Waals surface area contributed by atoms with E-state index in [9.17, 15) is 0 Å². The van der Waals surface area contributed by atoms with Crippen LogP contribution in [0.1, 0.15) is 53.4 Å². The molecule has 0 heterocycles. The van der Waals surface area contributed by atoms with Gasteiger partial charge in [-0.25, -0.2) is 0 Å². The van der Waals surface area contributed by atoms with Gasteiger partial charge >= 0.3 is 0 Å². The third kappa shape index (κ3) is 2.22. The zero-order valence-corrected chi connectivity index (χ0v) is 11.1. The summed E-state index contributed by atoms with van der Waals surface area (Å²) in [6, 6.07) is 0. The molecule has 1 nitrogen and oxygen atoms in total. The van der Waals surface area contributed by atoms with Gasteiger partial charge in [0.05, 0.1) is 0 Å².